The van der Waals surface area contributed by atoms with Gasteiger partial charge < -0.3 is 10.5 Å². The summed E-state index contributed by atoms with van der Waals surface area (Å²) in [4.78, 5) is 11.3. The highest BCUT2D eigenvalue weighted by atomic mass is 32.1. The van der Waals surface area contributed by atoms with Crippen molar-refractivity contribution in [1.82, 2.24) is 0 Å². The van der Waals surface area contributed by atoms with Gasteiger partial charge in [0.05, 0.1) is 24.1 Å². The van der Waals surface area contributed by atoms with Crippen molar-refractivity contribution >= 4 is 24.3 Å². The molecule has 0 spiro atoms. The molecule has 0 saturated heterocycles. The Morgan fingerprint density at radius 2 is 2.33 bits per heavy atom. The maximum atomic E-state index is 11.3. The number of hydrogen-bond acceptors (Lipinski definition) is 4. The number of ether oxygens (including phenoxy) is 1. The predicted octanol–water partition coefficient (Wildman–Crippen LogP) is 1.34. The number of nitrogen functional groups attached to an aromatic ring is 1. The highest BCUT2D eigenvalue weighted by Crippen LogP contribution is 2.17. The molecule has 2 N–H and O–H groups in total. The lowest BCUT2D eigenvalue weighted by Gasteiger charge is -2.04. The van der Waals surface area contributed by atoms with E-state index in [9.17, 15) is 4.79 Å². The molecule has 1 rings (SSSR count). The van der Waals surface area contributed by atoms with E-state index in [1.165, 1.54) is 7.11 Å². The third kappa shape index (κ3) is 2.67. The van der Waals surface area contributed by atoms with Gasteiger partial charge in [0, 0.05) is 5.56 Å². The van der Waals surface area contributed by atoms with Crippen LogP contribution in [0.25, 0.3) is 0 Å². The van der Waals surface area contributed by atoms with Gasteiger partial charge in [0.1, 0.15) is 0 Å². The largest absolute Gasteiger partial charge is 0.465 e. The molecule has 0 fully saturated rings. The van der Waals surface area contributed by atoms with Crippen LogP contribution in [0.15, 0.2) is 18.2 Å². The molecule has 0 saturated carbocycles. The lowest BCUT2D eigenvalue weighted by atomic mass is 10.1. The summed E-state index contributed by atoms with van der Waals surface area (Å²) in [6.07, 6.45) is 0. The average Bonchev–Trinajstić information content (AvgIpc) is 2.27. The van der Waals surface area contributed by atoms with E-state index in [1.807, 2.05) is 0 Å². The molecule has 0 aliphatic rings. The van der Waals surface area contributed by atoms with E-state index in [0.29, 0.717) is 22.6 Å². The molecule has 0 unspecified atom stereocenters. The first kappa shape index (κ1) is 11.5. The van der Waals surface area contributed by atoms with E-state index >= 15 is 0 Å². The van der Waals surface area contributed by atoms with Crippen LogP contribution in [0, 0.1) is 11.8 Å². The topological polar surface area (TPSA) is 52.3 Å². The first-order valence-electron chi connectivity index (χ1n) is 4.27. The number of thiol groups is 1. The molecule has 15 heavy (non-hydrogen) atoms. The van der Waals surface area contributed by atoms with Crippen molar-refractivity contribution in [1.29, 1.82) is 0 Å². The molecule has 3 nitrogen and oxygen atoms in total. The Balaban J connectivity index is 3.17. The van der Waals surface area contributed by atoms with Crippen LogP contribution >= 0.6 is 12.6 Å². The second-order valence-corrected chi connectivity index (χ2v) is 3.03. The van der Waals surface area contributed by atoms with Gasteiger partial charge in [-0.3, -0.25) is 0 Å². The molecule has 0 radical (unpaired) electrons. The molecule has 78 valence electrons. The minimum Gasteiger partial charge on any atom is -0.465 e. The van der Waals surface area contributed by atoms with E-state index in [4.69, 9.17) is 5.73 Å². The number of carbonyl (C=O) groups is 1. The molecule has 4 heteroatoms. The van der Waals surface area contributed by atoms with Crippen molar-refractivity contribution < 1.29 is 9.53 Å². The van der Waals surface area contributed by atoms with Gasteiger partial charge in [0.15, 0.2) is 0 Å². The Bertz CT molecular complexity index is 432. The summed E-state index contributed by atoms with van der Waals surface area (Å²) in [5.41, 5.74) is 7.07. The zero-order valence-electron chi connectivity index (χ0n) is 8.28. The Morgan fingerprint density at radius 3 is 2.93 bits per heavy atom. The molecular weight excluding hydrogens is 210 g/mol. The van der Waals surface area contributed by atoms with E-state index in [0.717, 1.165) is 0 Å². The number of anilines is 1. The Labute approximate surface area is 94.0 Å². The van der Waals surface area contributed by atoms with E-state index in [2.05, 4.69) is 29.2 Å². The van der Waals surface area contributed by atoms with Gasteiger partial charge >= 0.3 is 5.97 Å². The number of benzene rings is 1. The highest BCUT2D eigenvalue weighted by molar-refractivity contribution is 7.80. The molecule has 0 aliphatic carbocycles. The Morgan fingerprint density at radius 1 is 1.60 bits per heavy atom. The summed E-state index contributed by atoms with van der Waals surface area (Å²) in [6, 6.07) is 5.07. The van der Waals surface area contributed by atoms with E-state index in [-0.39, 0.29) is 0 Å². The zero-order valence-corrected chi connectivity index (χ0v) is 9.17. The molecule has 0 atom stereocenters. The normalized spacial score (nSPS) is 8.93. The van der Waals surface area contributed by atoms with E-state index < -0.39 is 5.97 Å². The van der Waals surface area contributed by atoms with Crippen LogP contribution in [0.3, 0.4) is 0 Å². The molecule has 0 heterocycles. The maximum Gasteiger partial charge on any atom is 0.339 e. The highest BCUT2D eigenvalue weighted by Gasteiger charge is 2.11. The second kappa shape index (κ2) is 5.32. The lowest BCUT2D eigenvalue weighted by molar-refractivity contribution is 0.0602. The van der Waals surface area contributed by atoms with Gasteiger partial charge in [0.25, 0.3) is 0 Å². The van der Waals surface area contributed by atoms with Crippen molar-refractivity contribution in [3.63, 3.8) is 0 Å². The Hall–Kier alpha value is -1.60. The van der Waals surface area contributed by atoms with Gasteiger partial charge in [-0.15, -0.1) is 0 Å². The third-order valence-corrected chi connectivity index (χ3v) is 1.97. The third-order valence-electron chi connectivity index (χ3n) is 1.81. The van der Waals surface area contributed by atoms with Crippen LogP contribution in [-0.4, -0.2) is 18.8 Å². The molecule has 0 aromatic heterocycles. The van der Waals surface area contributed by atoms with Crippen LogP contribution in [0.2, 0.25) is 0 Å². The van der Waals surface area contributed by atoms with E-state index in [1.54, 1.807) is 18.2 Å². The summed E-state index contributed by atoms with van der Waals surface area (Å²) < 4.78 is 4.59. The first-order valence-corrected chi connectivity index (χ1v) is 4.90. The van der Waals surface area contributed by atoms with Crippen molar-refractivity contribution in [2.75, 3.05) is 18.6 Å². The second-order valence-electron chi connectivity index (χ2n) is 2.72. The molecule has 1 aromatic carbocycles. The van der Waals surface area contributed by atoms with Crippen LogP contribution in [0.5, 0.6) is 0 Å². The van der Waals surface area contributed by atoms with Crippen molar-refractivity contribution in [2.45, 2.75) is 0 Å². The van der Waals surface area contributed by atoms with Gasteiger partial charge in [0.2, 0.25) is 0 Å². The van der Waals surface area contributed by atoms with Crippen molar-refractivity contribution in [3.8, 4) is 11.8 Å². The first-order chi connectivity index (χ1) is 7.20. The minimum absolute atomic E-state index is 0.337. The quantitative estimate of drug-likeness (QED) is 0.325. The summed E-state index contributed by atoms with van der Waals surface area (Å²) >= 11 is 3.96. The number of hydrogen-bond donors (Lipinski definition) is 2. The standard InChI is InChI=1S/C11H11NO2S/c1-14-11(13)9-6-2-4-8(10(9)12)5-3-7-15/h2,4,6,15H,7,12H2,1H3. The predicted molar refractivity (Wildman–Crippen MR) is 62.9 cm³/mol. The number of carbonyl (C=O) groups excluding carboxylic acids is 1. The number of methoxy groups -OCH3 is 1. The van der Waals surface area contributed by atoms with Gasteiger partial charge in [-0.05, 0) is 12.1 Å². The molecule has 1 aromatic rings. The summed E-state index contributed by atoms with van der Waals surface area (Å²) in [5.74, 6) is 5.58. The lowest BCUT2D eigenvalue weighted by Crippen LogP contribution is -2.06. The van der Waals surface area contributed by atoms with Crippen LogP contribution < -0.4 is 5.73 Å². The van der Waals surface area contributed by atoms with Crippen LogP contribution in [0.1, 0.15) is 15.9 Å². The number of nitrogens with two attached hydrogens (primary N) is 1. The molecule has 0 bridgehead atoms. The average molecular weight is 221 g/mol. The SMILES string of the molecule is COC(=O)c1cccc(C#CCS)c1N. The zero-order chi connectivity index (χ0) is 11.3. The minimum atomic E-state index is -0.456. The molecule has 0 amide bonds. The fourth-order valence-electron chi connectivity index (χ4n) is 1.10. The fraction of sp³-hybridized carbons (Fsp3) is 0.182. The monoisotopic (exact) mass is 221 g/mol. The smallest absolute Gasteiger partial charge is 0.339 e. The number of para-hydroxylation sites is 1. The summed E-state index contributed by atoms with van der Waals surface area (Å²) in [7, 11) is 1.31. The van der Waals surface area contributed by atoms with Crippen molar-refractivity contribution in [3.05, 3.63) is 29.3 Å². The number of esters is 1. The van der Waals surface area contributed by atoms with Crippen LogP contribution in [0.4, 0.5) is 5.69 Å². The van der Waals surface area contributed by atoms with Gasteiger partial charge in [-0.25, -0.2) is 4.79 Å². The van der Waals surface area contributed by atoms with Crippen molar-refractivity contribution in [2.24, 2.45) is 0 Å². The van der Waals surface area contributed by atoms with Gasteiger partial charge in [-0.2, -0.15) is 12.6 Å². The Kier molecular flexibility index (Phi) is 4.07. The van der Waals surface area contributed by atoms with Crippen LogP contribution in [-0.2, 0) is 4.74 Å². The van der Waals surface area contributed by atoms with Gasteiger partial charge in [-0.1, -0.05) is 17.9 Å². The summed E-state index contributed by atoms with van der Waals surface area (Å²) in [6.45, 7) is 0. The molecular formula is C11H11NO2S. The molecule has 0 aliphatic heterocycles. The fourth-order valence-corrected chi connectivity index (χ4v) is 1.18. The summed E-state index contributed by atoms with van der Waals surface area (Å²) in [5, 5.41) is 0. The number of rotatable bonds is 1. The maximum absolute atomic E-state index is 11.3.